The van der Waals surface area contributed by atoms with E-state index in [-0.39, 0.29) is 17.3 Å². The molecule has 0 saturated heterocycles. The van der Waals surface area contributed by atoms with Gasteiger partial charge in [0.05, 0.1) is 14.2 Å². The summed E-state index contributed by atoms with van der Waals surface area (Å²) in [6, 6.07) is 17.2. The van der Waals surface area contributed by atoms with E-state index >= 15 is 0 Å². The second-order valence-corrected chi connectivity index (χ2v) is 6.83. The van der Waals surface area contributed by atoms with Crippen LogP contribution in [0.1, 0.15) is 21.5 Å². The fraction of sp³-hybridized carbons (Fsp3) is 0.125. The molecule has 3 rings (SSSR count). The highest BCUT2D eigenvalue weighted by Crippen LogP contribution is 2.27. The Balaban J connectivity index is 1.75. The number of allylic oxidation sites excluding steroid dienone is 1. The molecule has 0 heterocycles. The maximum Gasteiger partial charge on any atom is 0.185 e. The van der Waals surface area contributed by atoms with E-state index in [0.29, 0.717) is 28.7 Å². The summed E-state index contributed by atoms with van der Waals surface area (Å²) in [4.78, 5) is 12.5. The number of hydrogen-bond acceptors (Lipinski definition) is 5. The molecule has 0 amide bonds. The monoisotopic (exact) mass is 424 g/mol. The molecule has 0 aliphatic heterocycles. The number of rotatable bonds is 8. The van der Waals surface area contributed by atoms with Gasteiger partial charge in [-0.25, -0.2) is 0 Å². The molecule has 6 heteroatoms. The number of ketones is 1. The molecule has 0 saturated carbocycles. The summed E-state index contributed by atoms with van der Waals surface area (Å²) >= 11 is 5.90. The summed E-state index contributed by atoms with van der Waals surface area (Å²) in [7, 11) is 3.03. The molecule has 1 N–H and O–H groups in total. The summed E-state index contributed by atoms with van der Waals surface area (Å²) in [5.74, 6) is 1.41. The fourth-order valence-corrected chi connectivity index (χ4v) is 2.93. The fourth-order valence-electron chi connectivity index (χ4n) is 2.81. The van der Waals surface area contributed by atoms with E-state index in [2.05, 4.69) is 0 Å². The first-order valence-electron chi connectivity index (χ1n) is 9.15. The Morgan fingerprint density at radius 1 is 0.967 bits per heavy atom. The number of benzene rings is 3. The van der Waals surface area contributed by atoms with Crippen LogP contribution in [0.4, 0.5) is 0 Å². The maximum atomic E-state index is 12.5. The maximum absolute atomic E-state index is 12.5. The van der Waals surface area contributed by atoms with E-state index in [0.717, 1.165) is 11.1 Å². The Kier molecular flexibility index (Phi) is 6.99. The van der Waals surface area contributed by atoms with Gasteiger partial charge in [-0.3, -0.25) is 4.79 Å². The summed E-state index contributed by atoms with van der Waals surface area (Å²) in [6.07, 6.45) is 3.18. The highest BCUT2D eigenvalue weighted by atomic mass is 35.5. The van der Waals surface area contributed by atoms with E-state index < -0.39 is 0 Å². The van der Waals surface area contributed by atoms with Gasteiger partial charge >= 0.3 is 0 Å². The third-order valence-corrected chi connectivity index (χ3v) is 4.66. The molecule has 0 bridgehead atoms. The van der Waals surface area contributed by atoms with E-state index in [1.807, 2.05) is 18.2 Å². The molecule has 30 heavy (non-hydrogen) atoms. The molecule has 0 fully saturated rings. The first-order chi connectivity index (χ1) is 14.5. The van der Waals surface area contributed by atoms with Crippen molar-refractivity contribution in [3.8, 4) is 23.0 Å². The van der Waals surface area contributed by atoms with Crippen molar-refractivity contribution in [1.29, 1.82) is 0 Å². The number of methoxy groups -OCH3 is 2. The highest BCUT2D eigenvalue weighted by Gasteiger charge is 2.09. The number of carbonyl (C=O) groups excluding carboxylic acids is 1. The topological polar surface area (TPSA) is 65.0 Å². The van der Waals surface area contributed by atoms with E-state index in [9.17, 15) is 9.90 Å². The van der Waals surface area contributed by atoms with Crippen molar-refractivity contribution in [2.75, 3.05) is 14.2 Å². The largest absolute Gasteiger partial charge is 0.504 e. The molecule has 0 spiro atoms. The van der Waals surface area contributed by atoms with E-state index in [1.54, 1.807) is 43.5 Å². The van der Waals surface area contributed by atoms with Crippen molar-refractivity contribution < 1.29 is 24.1 Å². The van der Waals surface area contributed by atoms with Gasteiger partial charge in [0.1, 0.15) is 18.1 Å². The van der Waals surface area contributed by atoms with Crippen LogP contribution in [-0.2, 0) is 6.61 Å². The van der Waals surface area contributed by atoms with Crippen molar-refractivity contribution in [3.63, 3.8) is 0 Å². The third-order valence-electron chi connectivity index (χ3n) is 4.40. The second-order valence-electron chi connectivity index (χ2n) is 6.40. The molecule has 0 radical (unpaired) electrons. The number of ether oxygens (including phenoxy) is 3. The highest BCUT2D eigenvalue weighted by molar-refractivity contribution is 6.30. The van der Waals surface area contributed by atoms with Crippen LogP contribution in [0.2, 0.25) is 5.02 Å². The zero-order valence-corrected chi connectivity index (χ0v) is 17.3. The van der Waals surface area contributed by atoms with Gasteiger partial charge in [-0.05, 0) is 66.2 Å². The predicted octanol–water partition coefficient (Wildman–Crippen LogP) is 5.54. The van der Waals surface area contributed by atoms with Crippen molar-refractivity contribution in [2.24, 2.45) is 0 Å². The minimum atomic E-state index is -0.205. The molecule has 0 aromatic heterocycles. The van der Waals surface area contributed by atoms with Gasteiger partial charge in [-0.2, -0.15) is 0 Å². The van der Waals surface area contributed by atoms with Gasteiger partial charge in [0.2, 0.25) is 0 Å². The lowest BCUT2D eigenvalue weighted by Gasteiger charge is -2.11. The number of aromatic hydroxyl groups is 1. The number of phenols is 1. The SMILES string of the molecule is COc1cc(C(=O)/C=C/c2ccc(OC)c(COc3ccc(Cl)cc3)c2)ccc1O. The van der Waals surface area contributed by atoms with Crippen LogP contribution in [-0.4, -0.2) is 25.1 Å². The quantitative estimate of drug-likeness (QED) is 0.380. The number of carbonyl (C=O) groups is 1. The Labute approximate surface area is 180 Å². The zero-order chi connectivity index (χ0) is 21.5. The van der Waals surface area contributed by atoms with Gasteiger partial charge in [0.15, 0.2) is 17.3 Å². The van der Waals surface area contributed by atoms with Crippen LogP contribution in [0, 0.1) is 0 Å². The normalized spacial score (nSPS) is 10.8. The average molecular weight is 425 g/mol. The minimum absolute atomic E-state index is 0.0153. The van der Waals surface area contributed by atoms with Crippen molar-refractivity contribution >= 4 is 23.5 Å². The lowest BCUT2D eigenvalue weighted by molar-refractivity contribution is 0.104. The van der Waals surface area contributed by atoms with Gasteiger partial charge in [-0.1, -0.05) is 23.7 Å². The molecule has 5 nitrogen and oxygen atoms in total. The van der Waals surface area contributed by atoms with Gasteiger partial charge in [0, 0.05) is 16.1 Å². The predicted molar refractivity (Wildman–Crippen MR) is 117 cm³/mol. The molecule has 154 valence electrons. The summed E-state index contributed by atoms with van der Waals surface area (Å²) < 4.78 is 16.3. The average Bonchev–Trinajstić information content (AvgIpc) is 2.77. The van der Waals surface area contributed by atoms with Crippen molar-refractivity contribution in [3.05, 3.63) is 88.5 Å². The van der Waals surface area contributed by atoms with Crippen LogP contribution < -0.4 is 14.2 Å². The first kappa shape index (κ1) is 21.3. The molecule has 0 aliphatic carbocycles. The van der Waals surface area contributed by atoms with E-state index in [4.69, 9.17) is 25.8 Å². The minimum Gasteiger partial charge on any atom is -0.504 e. The Bertz CT molecular complexity index is 1060. The molecule has 0 aliphatic rings. The number of halogens is 1. The third kappa shape index (κ3) is 5.33. The summed E-state index contributed by atoms with van der Waals surface area (Å²) in [6.45, 7) is 0.301. The number of phenolic OH excluding ortho intramolecular Hbond substituents is 1. The molecule has 3 aromatic carbocycles. The lowest BCUT2D eigenvalue weighted by Crippen LogP contribution is -1.99. The molecule has 3 aromatic rings. The summed E-state index contributed by atoms with van der Waals surface area (Å²) in [5, 5.41) is 10.3. The van der Waals surface area contributed by atoms with Gasteiger partial charge < -0.3 is 19.3 Å². The van der Waals surface area contributed by atoms with Gasteiger partial charge in [0.25, 0.3) is 0 Å². The summed E-state index contributed by atoms with van der Waals surface area (Å²) in [5.41, 5.74) is 2.08. The molecular weight excluding hydrogens is 404 g/mol. The van der Waals surface area contributed by atoms with Crippen LogP contribution in [0.15, 0.2) is 66.7 Å². The molecule has 0 unspecified atom stereocenters. The van der Waals surface area contributed by atoms with E-state index in [1.165, 1.54) is 25.3 Å². The zero-order valence-electron chi connectivity index (χ0n) is 16.6. The Morgan fingerprint density at radius 3 is 2.40 bits per heavy atom. The second kappa shape index (κ2) is 9.85. The standard InChI is InChI=1S/C24H21ClO5/c1-28-23-12-4-16(13-18(23)15-30-20-8-6-19(25)7-9-20)3-10-21(26)17-5-11-22(27)24(14-17)29-2/h3-14,27H,15H2,1-2H3/b10-3+. The van der Waals surface area contributed by atoms with Crippen LogP contribution >= 0.6 is 11.6 Å². The van der Waals surface area contributed by atoms with Crippen LogP contribution in [0.5, 0.6) is 23.0 Å². The lowest BCUT2D eigenvalue weighted by atomic mass is 10.1. The molecular formula is C24H21ClO5. The van der Waals surface area contributed by atoms with Crippen molar-refractivity contribution in [1.82, 2.24) is 0 Å². The Morgan fingerprint density at radius 2 is 1.70 bits per heavy atom. The van der Waals surface area contributed by atoms with Crippen LogP contribution in [0.25, 0.3) is 6.08 Å². The first-order valence-corrected chi connectivity index (χ1v) is 9.52. The molecule has 0 atom stereocenters. The van der Waals surface area contributed by atoms with Crippen LogP contribution in [0.3, 0.4) is 0 Å². The number of hydrogen-bond donors (Lipinski definition) is 1. The van der Waals surface area contributed by atoms with Crippen molar-refractivity contribution in [2.45, 2.75) is 6.61 Å². The van der Waals surface area contributed by atoms with Gasteiger partial charge in [-0.15, -0.1) is 0 Å². The smallest absolute Gasteiger partial charge is 0.185 e. The Hall–Kier alpha value is -3.44.